The van der Waals surface area contributed by atoms with Crippen molar-refractivity contribution in [3.8, 4) is 0 Å². The van der Waals surface area contributed by atoms with Crippen LogP contribution in [0.1, 0.15) is 58.8 Å². The first-order valence-corrected chi connectivity index (χ1v) is 11.8. The maximum Gasteiger partial charge on any atom is 0.168 e. The maximum absolute atomic E-state index is 13.5. The summed E-state index contributed by atoms with van der Waals surface area (Å²) < 4.78 is 2.02. The van der Waals surface area contributed by atoms with Gasteiger partial charge in [-0.15, -0.1) is 0 Å². The molecule has 0 aliphatic heterocycles. The van der Waals surface area contributed by atoms with Crippen LogP contribution < -0.4 is 0 Å². The molecule has 1 heterocycles. The van der Waals surface area contributed by atoms with E-state index < -0.39 is 0 Å². The zero-order chi connectivity index (χ0) is 19.7. The largest absolute Gasteiger partial charge is 0.393 e. The van der Waals surface area contributed by atoms with Crippen molar-refractivity contribution >= 4 is 17.5 Å². The Morgan fingerprint density at radius 1 is 1.21 bits per heavy atom. The van der Waals surface area contributed by atoms with E-state index in [0.717, 1.165) is 50.1 Å². The Labute approximate surface area is 172 Å². The number of allylic oxidation sites excluding steroid dienone is 1. The number of carbonyl (C=O) groups is 1. The number of nitrogens with zero attached hydrogens (tertiary/aromatic N) is 2. The van der Waals surface area contributed by atoms with Crippen molar-refractivity contribution in [1.29, 1.82) is 0 Å². The molecule has 1 aromatic heterocycles. The van der Waals surface area contributed by atoms with Crippen LogP contribution in [0.4, 0.5) is 0 Å². The van der Waals surface area contributed by atoms with Gasteiger partial charge >= 0.3 is 0 Å². The first-order valence-electron chi connectivity index (χ1n) is 10.9. The average Bonchev–Trinajstić information content (AvgIpc) is 3.18. The summed E-state index contributed by atoms with van der Waals surface area (Å²) in [6, 6.07) is 0. The summed E-state index contributed by atoms with van der Waals surface area (Å²) in [5, 5.41) is 11.2. The number of rotatable bonds is 2. The van der Waals surface area contributed by atoms with Gasteiger partial charge in [0.05, 0.1) is 11.4 Å². The van der Waals surface area contributed by atoms with Gasteiger partial charge in [0.2, 0.25) is 0 Å². The van der Waals surface area contributed by atoms with E-state index in [9.17, 15) is 9.90 Å². The number of carbonyl (C=O) groups excluding carboxylic acids is 1. The summed E-state index contributed by atoms with van der Waals surface area (Å²) in [6.45, 7) is 4.70. The third-order valence-corrected chi connectivity index (χ3v) is 10.1. The molecule has 5 rings (SSSR count). The van der Waals surface area contributed by atoms with Crippen LogP contribution in [0.5, 0.6) is 0 Å². The van der Waals surface area contributed by atoms with Crippen molar-refractivity contribution in [3.63, 3.8) is 0 Å². The van der Waals surface area contributed by atoms with E-state index >= 15 is 0 Å². The van der Waals surface area contributed by atoms with E-state index in [1.54, 1.807) is 11.8 Å². The minimum Gasteiger partial charge on any atom is -0.393 e. The lowest BCUT2D eigenvalue weighted by atomic mass is 9.48. The molecule has 1 N–H and O–H groups in total. The van der Waals surface area contributed by atoms with Crippen LogP contribution in [0, 0.1) is 28.6 Å². The SMILES string of the molecule is Cn1ccnc1SC1CC2C3CC=C4CC(O)CCC4(C)C3CCC2(C)C1=O. The van der Waals surface area contributed by atoms with Crippen LogP contribution in [0.25, 0.3) is 0 Å². The number of ketones is 1. The second-order valence-electron chi connectivity index (χ2n) is 10.1. The second-order valence-corrected chi connectivity index (χ2v) is 11.3. The molecular weight excluding hydrogens is 368 g/mol. The quantitative estimate of drug-likeness (QED) is 0.749. The molecule has 28 heavy (non-hydrogen) atoms. The number of fused-ring (bicyclic) bond motifs is 5. The van der Waals surface area contributed by atoms with Gasteiger partial charge in [0, 0.05) is 24.9 Å². The zero-order valence-electron chi connectivity index (χ0n) is 17.2. The molecule has 3 fully saturated rings. The minimum atomic E-state index is -0.167. The molecule has 0 radical (unpaired) electrons. The summed E-state index contributed by atoms with van der Waals surface area (Å²) in [5.41, 5.74) is 1.57. The van der Waals surface area contributed by atoms with Gasteiger partial charge in [-0.3, -0.25) is 4.79 Å². The Hall–Kier alpha value is -1.07. The molecule has 1 aromatic rings. The standard InChI is InChI=1S/C23H32N2O2S/c1-22-8-6-15(26)12-14(22)4-5-16-17(22)7-9-23(2)18(16)13-19(20(23)27)28-21-24-10-11-25(21)3/h4,10-11,15-19,26H,5-9,12-13H2,1-3H3. The Balaban J connectivity index is 1.43. The number of aliphatic hydroxyl groups excluding tert-OH is 1. The highest BCUT2D eigenvalue weighted by atomic mass is 32.2. The zero-order valence-corrected chi connectivity index (χ0v) is 18.0. The summed E-state index contributed by atoms with van der Waals surface area (Å²) in [4.78, 5) is 17.9. The average molecular weight is 401 g/mol. The Morgan fingerprint density at radius 2 is 2.00 bits per heavy atom. The highest BCUT2D eigenvalue weighted by molar-refractivity contribution is 8.00. The topological polar surface area (TPSA) is 55.1 Å². The van der Waals surface area contributed by atoms with Crippen LogP contribution in [0.15, 0.2) is 29.2 Å². The fraction of sp³-hybridized carbons (Fsp3) is 0.739. The number of aliphatic hydroxyl groups is 1. The van der Waals surface area contributed by atoms with Crippen molar-refractivity contribution in [2.75, 3.05) is 0 Å². The molecule has 4 aliphatic rings. The first kappa shape index (κ1) is 18.9. The van der Waals surface area contributed by atoms with Crippen LogP contribution in [0.2, 0.25) is 0 Å². The van der Waals surface area contributed by atoms with Crippen molar-refractivity contribution in [2.24, 2.45) is 35.6 Å². The summed E-state index contributed by atoms with van der Waals surface area (Å²) in [7, 11) is 2.01. The normalized spacial score (nSPS) is 45.2. The van der Waals surface area contributed by atoms with Gasteiger partial charge in [-0.1, -0.05) is 37.3 Å². The lowest BCUT2D eigenvalue weighted by molar-refractivity contribution is -0.131. The van der Waals surface area contributed by atoms with E-state index in [2.05, 4.69) is 24.9 Å². The third-order valence-electron chi connectivity index (χ3n) is 8.82. The Morgan fingerprint density at radius 3 is 2.75 bits per heavy atom. The molecule has 0 spiro atoms. The van der Waals surface area contributed by atoms with E-state index in [4.69, 9.17) is 0 Å². The fourth-order valence-electron chi connectivity index (χ4n) is 7.10. The number of hydrogen-bond acceptors (Lipinski definition) is 4. The molecule has 3 saturated carbocycles. The lowest BCUT2D eigenvalue weighted by Crippen LogP contribution is -2.50. The van der Waals surface area contributed by atoms with Crippen molar-refractivity contribution in [2.45, 2.75) is 75.3 Å². The molecule has 4 nitrogen and oxygen atoms in total. The van der Waals surface area contributed by atoms with Gasteiger partial charge in [0.15, 0.2) is 10.9 Å². The first-order chi connectivity index (χ1) is 13.3. The fourth-order valence-corrected chi connectivity index (χ4v) is 8.39. The van der Waals surface area contributed by atoms with Crippen molar-refractivity contribution < 1.29 is 9.90 Å². The van der Waals surface area contributed by atoms with Crippen LogP contribution in [-0.4, -0.2) is 31.8 Å². The van der Waals surface area contributed by atoms with Gasteiger partial charge in [-0.2, -0.15) is 0 Å². The number of imidazole rings is 1. The van der Waals surface area contributed by atoms with Gasteiger partial charge in [0.1, 0.15) is 0 Å². The van der Waals surface area contributed by atoms with E-state index in [1.807, 2.05) is 24.0 Å². The molecule has 0 aromatic carbocycles. The van der Waals surface area contributed by atoms with Gasteiger partial charge < -0.3 is 9.67 Å². The molecule has 0 saturated heterocycles. The predicted octanol–water partition coefficient (Wildman–Crippen LogP) is 4.38. The summed E-state index contributed by atoms with van der Waals surface area (Å²) in [6.07, 6.45) is 13.2. The number of aryl methyl sites for hydroxylation is 1. The number of hydrogen-bond donors (Lipinski definition) is 1. The number of Topliss-reactive ketones (excluding diaryl/α,β-unsaturated/α-hetero) is 1. The van der Waals surface area contributed by atoms with Crippen LogP contribution >= 0.6 is 11.8 Å². The predicted molar refractivity (Wildman–Crippen MR) is 111 cm³/mol. The van der Waals surface area contributed by atoms with Crippen LogP contribution in [-0.2, 0) is 11.8 Å². The monoisotopic (exact) mass is 400 g/mol. The number of aromatic nitrogens is 2. The molecule has 0 amide bonds. The highest BCUT2D eigenvalue weighted by Crippen LogP contribution is 2.65. The lowest BCUT2D eigenvalue weighted by Gasteiger charge is -2.56. The molecule has 7 atom stereocenters. The van der Waals surface area contributed by atoms with Gasteiger partial charge in [0.25, 0.3) is 0 Å². The molecule has 152 valence electrons. The minimum absolute atomic E-state index is 0.0428. The molecule has 4 aliphatic carbocycles. The van der Waals surface area contributed by atoms with E-state index in [1.165, 1.54) is 5.57 Å². The van der Waals surface area contributed by atoms with E-state index in [0.29, 0.717) is 23.5 Å². The smallest absolute Gasteiger partial charge is 0.168 e. The summed E-state index contributed by atoms with van der Waals surface area (Å²) >= 11 is 1.67. The molecule has 0 bridgehead atoms. The van der Waals surface area contributed by atoms with Crippen molar-refractivity contribution in [1.82, 2.24) is 9.55 Å². The Kier molecular flexibility index (Phi) is 4.37. The summed E-state index contributed by atoms with van der Waals surface area (Å²) in [5.74, 6) is 2.22. The Bertz CT molecular complexity index is 832. The van der Waals surface area contributed by atoms with Crippen molar-refractivity contribution in [3.05, 3.63) is 24.0 Å². The van der Waals surface area contributed by atoms with E-state index in [-0.39, 0.29) is 22.2 Å². The molecule has 5 heteroatoms. The van der Waals surface area contributed by atoms with Gasteiger partial charge in [-0.05, 0) is 68.1 Å². The molecule has 7 unspecified atom stereocenters. The highest BCUT2D eigenvalue weighted by Gasteiger charge is 2.61. The second kappa shape index (κ2) is 6.46. The maximum atomic E-state index is 13.5. The number of thioether (sulfide) groups is 1. The third kappa shape index (κ3) is 2.61. The van der Waals surface area contributed by atoms with Crippen LogP contribution in [0.3, 0.4) is 0 Å². The molecular formula is C23H32N2O2S. The van der Waals surface area contributed by atoms with Gasteiger partial charge in [-0.25, -0.2) is 4.98 Å².